The molecule has 0 unspecified atom stereocenters. The fourth-order valence-electron chi connectivity index (χ4n) is 2.97. The summed E-state index contributed by atoms with van der Waals surface area (Å²) in [6.45, 7) is 4.75. The van der Waals surface area contributed by atoms with E-state index in [2.05, 4.69) is 10.3 Å². The van der Waals surface area contributed by atoms with E-state index in [1.54, 1.807) is 36.5 Å². The lowest BCUT2D eigenvalue weighted by molar-refractivity contribution is -0.131. The summed E-state index contributed by atoms with van der Waals surface area (Å²) in [7, 11) is 1.73. The fraction of sp³-hybridized carbons (Fsp3) is 0.381. The highest BCUT2D eigenvalue weighted by atomic mass is 16.2. The highest BCUT2D eigenvalue weighted by Gasteiger charge is 2.32. The molecule has 0 atom stereocenters. The summed E-state index contributed by atoms with van der Waals surface area (Å²) in [6.07, 6.45) is 4.63. The molecule has 6 heteroatoms. The lowest BCUT2D eigenvalue weighted by Gasteiger charge is -2.28. The van der Waals surface area contributed by atoms with Crippen LogP contribution in [0, 0.1) is 5.41 Å². The number of amides is 2. The Hall–Kier alpha value is -2.73. The Kier molecular flexibility index (Phi) is 7.07. The molecular weight excluding hydrogens is 340 g/mol. The van der Waals surface area contributed by atoms with Crippen LogP contribution in [0.15, 0.2) is 48.8 Å². The maximum absolute atomic E-state index is 12.5. The molecule has 2 amide bonds. The minimum atomic E-state index is -0.503. The summed E-state index contributed by atoms with van der Waals surface area (Å²) < 4.78 is 0. The highest BCUT2D eigenvalue weighted by Crippen LogP contribution is 2.25. The summed E-state index contributed by atoms with van der Waals surface area (Å²) >= 11 is 0. The van der Waals surface area contributed by atoms with Gasteiger partial charge in [-0.1, -0.05) is 26.0 Å². The number of hydrogen-bond donors (Lipinski definition) is 2. The van der Waals surface area contributed by atoms with E-state index in [0.29, 0.717) is 31.5 Å². The zero-order chi connectivity index (χ0) is 19.9. The van der Waals surface area contributed by atoms with Crippen molar-refractivity contribution < 1.29 is 9.59 Å². The molecule has 0 aliphatic heterocycles. The molecule has 0 aliphatic rings. The number of hydrogen-bond acceptors (Lipinski definition) is 4. The van der Waals surface area contributed by atoms with Crippen molar-refractivity contribution >= 4 is 17.5 Å². The van der Waals surface area contributed by atoms with Crippen molar-refractivity contribution in [3.63, 3.8) is 0 Å². The first kappa shape index (κ1) is 20.6. The molecule has 0 aliphatic carbocycles. The van der Waals surface area contributed by atoms with E-state index >= 15 is 0 Å². The summed E-state index contributed by atoms with van der Waals surface area (Å²) in [5.74, 6) is -0.110. The lowest BCUT2D eigenvalue weighted by atomic mass is 9.81. The number of pyridine rings is 1. The molecule has 3 N–H and O–H groups in total. The molecule has 0 bridgehead atoms. The average molecular weight is 368 g/mol. The van der Waals surface area contributed by atoms with Crippen molar-refractivity contribution in [3.05, 3.63) is 59.9 Å². The largest absolute Gasteiger partial charge is 0.352 e. The summed E-state index contributed by atoms with van der Waals surface area (Å²) in [5, 5.41) is 2.98. The second-order valence-electron chi connectivity index (χ2n) is 6.64. The molecular formula is C21H28N4O2. The zero-order valence-corrected chi connectivity index (χ0v) is 16.2. The summed E-state index contributed by atoms with van der Waals surface area (Å²) in [5.41, 5.74) is 7.66. The number of nitrogens with one attached hydrogen (secondary N) is 1. The van der Waals surface area contributed by atoms with Crippen molar-refractivity contribution in [2.45, 2.75) is 33.2 Å². The quantitative estimate of drug-likeness (QED) is 0.750. The molecule has 0 radical (unpaired) electrons. The normalized spacial score (nSPS) is 11.1. The van der Waals surface area contributed by atoms with Gasteiger partial charge in [-0.2, -0.15) is 0 Å². The molecule has 0 fully saturated rings. The Morgan fingerprint density at radius 2 is 1.67 bits per heavy atom. The van der Waals surface area contributed by atoms with Gasteiger partial charge in [-0.05, 0) is 42.7 Å². The molecule has 0 spiro atoms. The predicted octanol–water partition coefficient (Wildman–Crippen LogP) is 2.74. The van der Waals surface area contributed by atoms with Gasteiger partial charge >= 0.3 is 0 Å². The van der Waals surface area contributed by atoms with Crippen LogP contribution in [0.4, 0.5) is 5.69 Å². The maximum Gasteiger partial charge on any atom is 0.258 e. The molecule has 1 aromatic carbocycles. The van der Waals surface area contributed by atoms with Gasteiger partial charge in [-0.3, -0.25) is 14.6 Å². The molecule has 0 saturated heterocycles. The van der Waals surface area contributed by atoms with Gasteiger partial charge < -0.3 is 16.0 Å². The van der Waals surface area contributed by atoms with Crippen molar-refractivity contribution in [2.75, 3.05) is 18.5 Å². The number of anilines is 1. The number of rotatable bonds is 8. The van der Waals surface area contributed by atoms with Gasteiger partial charge in [0, 0.05) is 43.8 Å². The van der Waals surface area contributed by atoms with Gasteiger partial charge in [-0.15, -0.1) is 0 Å². The molecule has 2 rings (SSSR count). The molecule has 144 valence electrons. The van der Waals surface area contributed by atoms with E-state index in [4.69, 9.17) is 5.73 Å². The molecule has 27 heavy (non-hydrogen) atoms. The van der Waals surface area contributed by atoms with Crippen LogP contribution >= 0.6 is 0 Å². The first-order valence-electron chi connectivity index (χ1n) is 9.22. The standard InChI is InChI=1S/C21H28N4O2/c1-4-21(5-2,15-22)20(27)24-14-16-6-8-18(9-7-16)25(3)19(26)17-10-12-23-13-11-17/h6-13H,4-5,14-15,22H2,1-3H3,(H,24,27). The minimum absolute atomic E-state index is 0.0101. The lowest BCUT2D eigenvalue weighted by Crippen LogP contribution is -2.45. The third kappa shape index (κ3) is 4.71. The predicted molar refractivity (Wildman–Crippen MR) is 107 cm³/mol. The average Bonchev–Trinajstić information content (AvgIpc) is 2.74. The second kappa shape index (κ2) is 9.28. The number of carbonyl (C=O) groups excluding carboxylic acids is 2. The molecule has 6 nitrogen and oxygen atoms in total. The summed E-state index contributed by atoms with van der Waals surface area (Å²) in [4.78, 5) is 30.5. The number of nitrogens with two attached hydrogens (primary N) is 1. The Labute approximate surface area is 160 Å². The minimum Gasteiger partial charge on any atom is -0.352 e. The number of carbonyl (C=O) groups is 2. The zero-order valence-electron chi connectivity index (χ0n) is 16.2. The molecule has 1 heterocycles. The third-order valence-electron chi connectivity index (χ3n) is 5.23. The van der Waals surface area contributed by atoms with Crippen LogP contribution in [-0.2, 0) is 11.3 Å². The van der Waals surface area contributed by atoms with Crippen LogP contribution in [0.2, 0.25) is 0 Å². The number of aromatic nitrogens is 1. The van der Waals surface area contributed by atoms with E-state index in [9.17, 15) is 9.59 Å². The summed E-state index contributed by atoms with van der Waals surface area (Å²) in [6, 6.07) is 10.9. The van der Waals surface area contributed by atoms with E-state index in [-0.39, 0.29) is 11.8 Å². The van der Waals surface area contributed by atoms with Crippen LogP contribution in [0.5, 0.6) is 0 Å². The van der Waals surface area contributed by atoms with Crippen molar-refractivity contribution in [2.24, 2.45) is 11.1 Å². The van der Waals surface area contributed by atoms with Crippen molar-refractivity contribution in [3.8, 4) is 0 Å². The molecule has 1 aromatic heterocycles. The van der Waals surface area contributed by atoms with Gasteiger partial charge in [0.15, 0.2) is 0 Å². The topological polar surface area (TPSA) is 88.3 Å². The smallest absolute Gasteiger partial charge is 0.258 e. The SMILES string of the molecule is CCC(CC)(CN)C(=O)NCc1ccc(N(C)C(=O)c2ccncc2)cc1. The second-order valence-corrected chi connectivity index (χ2v) is 6.64. The first-order valence-corrected chi connectivity index (χ1v) is 9.22. The van der Waals surface area contributed by atoms with E-state index < -0.39 is 5.41 Å². The van der Waals surface area contributed by atoms with Crippen LogP contribution in [0.25, 0.3) is 0 Å². The number of benzene rings is 1. The van der Waals surface area contributed by atoms with E-state index in [1.807, 2.05) is 38.1 Å². The Bertz CT molecular complexity index is 747. The first-order chi connectivity index (χ1) is 13.0. The van der Waals surface area contributed by atoms with Crippen molar-refractivity contribution in [1.29, 1.82) is 0 Å². The van der Waals surface area contributed by atoms with Gasteiger partial charge in [0.05, 0.1) is 5.41 Å². The van der Waals surface area contributed by atoms with E-state index in [0.717, 1.165) is 11.3 Å². The highest BCUT2D eigenvalue weighted by molar-refractivity contribution is 6.05. The van der Waals surface area contributed by atoms with Crippen LogP contribution < -0.4 is 16.0 Å². The van der Waals surface area contributed by atoms with Gasteiger partial charge in [0.25, 0.3) is 5.91 Å². The molecule has 2 aromatic rings. The Balaban J connectivity index is 2.01. The third-order valence-corrected chi connectivity index (χ3v) is 5.23. The van der Waals surface area contributed by atoms with Gasteiger partial charge in [-0.25, -0.2) is 0 Å². The maximum atomic E-state index is 12.5. The van der Waals surface area contributed by atoms with Gasteiger partial charge in [0.1, 0.15) is 0 Å². The van der Waals surface area contributed by atoms with Crippen LogP contribution in [-0.4, -0.2) is 30.4 Å². The van der Waals surface area contributed by atoms with Gasteiger partial charge in [0.2, 0.25) is 5.91 Å². The monoisotopic (exact) mass is 368 g/mol. The van der Waals surface area contributed by atoms with Crippen molar-refractivity contribution in [1.82, 2.24) is 10.3 Å². The number of nitrogens with zero attached hydrogens (tertiary/aromatic N) is 2. The Morgan fingerprint density at radius 3 is 2.19 bits per heavy atom. The van der Waals surface area contributed by atoms with Crippen LogP contribution in [0.1, 0.15) is 42.6 Å². The van der Waals surface area contributed by atoms with Crippen LogP contribution in [0.3, 0.4) is 0 Å². The van der Waals surface area contributed by atoms with E-state index in [1.165, 1.54) is 0 Å². The fourth-order valence-corrected chi connectivity index (χ4v) is 2.97. The molecule has 0 saturated carbocycles. The Morgan fingerprint density at radius 1 is 1.07 bits per heavy atom.